The van der Waals surface area contributed by atoms with Crippen LogP contribution in [0.2, 0.25) is 0 Å². The Labute approximate surface area is 80.1 Å². The van der Waals surface area contributed by atoms with E-state index in [-0.39, 0.29) is 0 Å². The van der Waals surface area contributed by atoms with E-state index in [0.717, 1.165) is 0 Å². The molecule has 0 unspecified atom stereocenters. The Hall–Kier alpha value is -0.300. The van der Waals surface area contributed by atoms with Gasteiger partial charge in [0.25, 0.3) is 0 Å². The van der Waals surface area contributed by atoms with Crippen LogP contribution in [0.1, 0.15) is 54.4 Å². The number of unbranched alkanes of at least 4 members (excludes halogenated alkanes) is 1. The summed E-state index contributed by atoms with van der Waals surface area (Å²) in [5.41, 5.74) is 4.91. The predicted molar refractivity (Wildman–Crippen MR) is 62.5 cm³/mol. The summed E-state index contributed by atoms with van der Waals surface area (Å²) in [6.45, 7) is 16.3. The Morgan fingerprint density at radius 2 is 1.17 bits per heavy atom. The van der Waals surface area contributed by atoms with E-state index in [1.54, 1.807) is 6.08 Å². The Morgan fingerprint density at radius 3 is 1.17 bits per heavy atom. The maximum Gasteiger partial charge on any atom is 0.0104 e. The fourth-order valence-electron chi connectivity index (χ4n) is 0. The molecule has 0 aromatic heterocycles. The number of nitrogens with two attached hydrogens (primary N) is 1. The molecule has 0 aromatic carbocycles. The first-order valence-electron chi connectivity index (χ1n) is 5.14. The normalized spacial score (nSPS) is 5.58. The lowest BCUT2D eigenvalue weighted by Gasteiger charge is -1.68. The third kappa shape index (κ3) is 254. The molecule has 0 atom stereocenters. The standard InChI is InChI=1S/C4H10.C3H7N.2C2H6/c1-3-4-2;1-2-3-4;2*1-2/h3-4H2,1-2H3;2H,1,3-4H2;2*1-2H3. The van der Waals surface area contributed by atoms with Gasteiger partial charge in [0.15, 0.2) is 0 Å². The van der Waals surface area contributed by atoms with E-state index in [9.17, 15) is 0 Å². The van der Waals surface area contributed by atoms with Gasteiger partial charge in [-0.2, -0.15) is 0 Å². The Kier molecular flexibility index (Phi) is 138. The molecule has 0 radical (unpaired) electrons. The SMILES string of the molecule is C=CCN.CC.CC.CCCC. The summed E-state index contributed by atoms with van der Waals surface area (Å²) in [5, 5.41) is 0. The molecule has 1 nitrogen and oxygen atoms in total. The van der Waals surface area contributed by atoms with Gasteiger partial charge >= 0.3 is 0 Å². The monoisotopic (exact) mass is 175 g/mol. The number of rotatable bonds is 2. The van der Waals surface area contributed by atoms with Gasteiger partial charge in [0.1, 0.15) is 0 Å². The van der Waals surface area contributed by atoms with Gasteiger partial charge in [0, 0.05) is 6.54 Å². The molecule has 0 aliphatic carbocycles. The first-order valence-corrected chi connectivity index (χ1v) is 5.14. The van der Waals surface area contributed by atoms with Gasteiger partial charge in [0.05, 0.1) is 0 Å². The van der Waals surface area contributed by atoms with Gasteiger partial charge in [-0.25, -0.2) is 0 Å². The first-order chi connectivity index (χ1) is 5.83. The first kappa shape index (κ1) is 22.6. The van der Waals surface area contributed by atoms with Crippen LogP contribution in [0.15, 0.2) is 12.7 Å². The van der Waals surface area contributed by atoms with E-state index in [1.165, 1.54) is 12.8 Å². The van der Waals surface area contributed by atoms with Crippen molar-refractivity contribution in [2.24, 2.45) is 5.73 Å². The van der Waals surface area contributed by atoms with E-state index < -0.39 is 0 Å². The highest BCUT2D eigenvalue weighted by Crippen LogP contribution is 1.76. The highest BCUT2D eigenvalue weighted by Gasteiger charge is 1.56. The van der Waals surface area contributed by atoms with Gasteiger partial charge in [-0.15, -0.1) is 6.58 Å². The summed E-state index contributed by atoms with van der Waals surface area (Å²) >= 11 is 0. The quantitative estimate of drug-likeness (QED) is 0.631. The lowest BCUT2D eigenvalue weighted by Crippen LogP contribution is -1.90. The van der Waals surface area contributed by atoms with E-state index in [2.05, 4.69) is 20.4 Å². The molecule has 1 heteroatoms. The van der Waals surface area contributed by atoms with Crippen LogP contribution < -0.4 is 5.73 Å². The number of hydrogen-bond donors (Lipinski definition) is 1. The van der Waals surface area contributed by atoms with Gasteiger partial charge < -0.3 is 5.73 Å². The predicted octanol–water partition coefficient (Wildman–Crippen LogP) is 3.99. The van der Waals surface area contributed by atoms with Crippen LogP contribution in [0.25, 0.3) is 0 Å². The third-order valence-corrected chi connectivity index (χ3v) is 0.667. The number of hydrogen-bond acceptors (Lipinski definition) is 1. The summed E-state index contributed by atoms with van der Waals surface area (Å²) in [7, 11) is 0. The molecule has 0 spiro atoms. The van der Waals surface area contributed by atoms with E-state index in [4.69, 9.17) is 5.73 Å². The molecule has 0 fully saturated rings. The minimum atomic E-state index is 0.583. The van der Waals surface area contributed by atoms with Crippen molar-refractivity contribution in [2.75, 3.05) is 6.54 Å². The molecule has 0 heterocycles. The van der Waals surface area contributed by atoms with E-state index >= 15 is 0 Å². The van der Waals surface area contributed by atoms with E-state index in [1.807, 2.05) is 27.7 Å². The molecule has 0 bridgehead atoms. The summed E-state index contributed by atoms with van der Waals surface area (Å²) in [6, 6.07) is 0. The third-order valence-electron chi connectivity index (χ3n) is 0.667. The van der Waals surface area contributed by atoms with Gasteiger partial charge in [-0.1, -0.05) is 60.5 Å². The lowest BCUT2D eigenvalue weighted by atomic mass is 10.4. The molecular formula is C11H29N. The van der Waals surface area contributed by atoms with Gasteiger partial charge in [-0.05, 0) is 0 Å². The summed E-state index contributed by atoms with van der Waals surface area (Å²) in [4.78, 5) is 0. The smallest absolute Gasteiger partial charge is 0.0104 e. The highest BCUT2D eigenvalue weighted by molar-refractivity contribution is 4.64. The van der Waals surface area contributed by atoms with Crippen molar-refractivity contribution in [2.45, 2.75) is 54.4 Å². The maximum absolute atomic E-state index is 4.91. The lowest BCUT2D eigenvalue weighted by molar-refractivity contribution is 0.886. The van der Waals surface area contributed by atoms with Crippen molar-refractivity contribution in [3.05, 3.63) is 12.7 Å². The second-order valence-corrected chi connectivity index (χ2v) is 1.52. The van der Waals surface area contributed by atoms with Crippen LogP contribution in [0.4, 0.5) is 0 Å². The Balaban J connectivity index is -0.0000000380. The van der Waals surface area contributed by atoms with Gasteiger partial charge in [-0.3, -0.25) is 0 Å². The Bertz CT molecular complexity index is 32.0. The molecule has 0 amide bonds. The largest absolute Gasteiger partial charge is 0.327 e. The van der Waals surface area contributed by atoms with Crippen molar-refractivity contribution < 1.29 is 0 Å². The molecule has 12 heavy (non-hydrogen) atoms. The van der Waals surface area contributed by atoms with Crippen LogP contribution in [-0.2, 0) is 0 Å². The average molecular weight is 175 g/mol. The molecule has 0 aromatic rings. The fraction of sp³-hybridized carbons (Fsp3) is 0.818. The maximum atomic E-state index is 4.91. The molecule has 0 saturated heterocycles. The molecule has 0 aliphatic rings. The zero-order chi connectivity index (χ0) is 10.8. The zero-order valence-corrected chi connectivity index (χ0v) is 9.98. The minimum absolute atomic E-state index is 0.583. The van der Waals surface area contributed by atoms with Crippen LogP contribution in [0, 0.1) is 0 Å². The van der Waals surface area contributed by atoms with Crippen molar-refractivity contribution in [1.82, 2.24) is 0 Å². The van der Waals surface area contributed by atoms with Crippen molar-refractivity contribution in [1.29, 1.82) is 0 Å². The minimum Gasteiger partial charge on any atom is -0.327 e. The second kappa shape index (κ2) is 73.5. The van der Waals surface area contributed by atoms with E-state index in [0.29, 0.717) is 6.54 Å². The zero-order valence-electron chi connectivity index (χ0n) is 9.98. The average Bonchev–Trinajstić information content (AvgIpc) is 2.23. The second-order valence-electron chi connectivity index (χ2n) is 1.52. The molecule has 0 saturated carbocycles. The molecular weight excluding hydrogens is 146 g/mol. The van der Waals surface area contributed by atoms with Crippen LogP contribution in [0.5, 0.6) is 0 Å². The fourth-order valence-corrected chi connectivity index (χ4v) is 0. The summed E-state index contributed by atoms with van der Waals surface area (Å²) < 4.78 is 0. The molecule has 0 rings (SSSR count). The molecule has 0 aliphatic heterocycles. The van der Waals surface area contributed by atoms with Gasteiger partial charge in [0.2, 0.25) is 0 Å². The topological polar surface area (TPSA) is 26.0 Å². The summed E-state index contributed by atoms with van der Waals surface area (Å²) in [6.07, 6.45) is 4.29. The van der Waals surface area contributed by atoms with Crippen molar-refractivity contribution in [3.8, 4) is 0 Å². The molecule has 2 N–H and O–H groups in total. The van der Waals surface area contributed by atoms with Crippen molar-refractivity contribution >= 4 is 0 Å². The Morgan fingerprint density at radius 1 is 1.00 bits per heavy atom. The summed E-state index contributed by atoms with van der Waals surface area (Å²) in [5.74, 6) is 0. The molecule has 78 valence electrons. The van der Waals surface area contributed by atoms with Crippen molar-refractivity contribution in [3.63, 3.8) is 0 Å². The van der Waals surface area contributed by atoms with Crippen LogP contribution in [0.3, 0.4) is 0 Å². The van der Waals surface area contributed by atoms with Crippen LogP contribution >= 0.6 is 0 Å². The van der Waals surface area contributed by atoms with Crippen LogP contribution in [-0.4, -0.2) is 6.54 Å². The highest BCUT2D eigenvalue weighted by atomic mass is 14.5.